The minimum Gasteiger partial charge on any atom is -0.459 e. The summed E-state index contributed by atoms with van der Waals surface area (Å²) in [5.41, 5.74) is 1.99. The van der Waals surface area contributed by atoms with E-state index in [0.29, 0.717) is 13.1 Å². The van der Waals surface area contributed by atoms with Crippen LogP contribution < -0.4 is 5.32 Å². The van der Waals surface area contributed by atoms with Crippen molar-refractivity contribution < 1.29 is 9.21 Å². The van der Waals surface area contributed by atoms with Gasteiger partial charge in [-0.1, -0.05) is 25.1 Å². The van der Waals surface area contributed by atoms with Gasteiger partial charge in [-0.15, -0.1) is 12.4 Å². The van der Waals surface area contributed by atoms with Crippen molar-refractivity contribution in [2.75, 3.05) is 19.6 Å². The van der Waals surface area contributed by atoms with E-state index in [1.54, 1.807) is 4.68 Å². The summed E-state index contributed by atoms with van der Waals surface area (Å²) in [6, 6.07) is 9.94. The Kier molecular flexibility index (Phi) is 6.65. The average molecular weight is 417 g/mol. The molecule has 1 unspecified atom stereocenters. The molecule has 3 atom stereocenters. The summed E-state index contributed by atoms with van der Waals surface area (Å²) in [5, 5.41) is 8.77. The van der Waals surface area contributed by atoms with Crippen molar-refractivity contribution in [3.63, 3.8) is 0 Å². The maximum Gasteiger partial charge on any atom is 0.228 e. The van der Waals surface area contributed by atoms with Gasteiger partial charge in [0.05, 0.1) is 18.2 Å². The number of nitrogens with one attached hydrogen (secondary N) is 1. The van der Waals surface area contributed by atoms with E-state index < -0.39 is 0 Å². The number of hydrogen-bond donors (Lipinski definition) is 1. The lowest BCUT2D eigenvalue weighted by Gasteiger charge is -2.31. The van der Waals surface area contributed by atoms with Gasteiger partial charge in [-0.3, -0.25) is 9.48 Å². The lowest BCUT2D eigenvalue weighted by atomic mass is 9.89. The van der Waals surface area contributed by atoms with Gasteiger partial charge in [0.15, 0.2) is 0 Å². The highest BCUT2D eigenvalue weighted by atomic mass is 35.5. The minimum absolute atomic E-state index is 0. The standard InChI is InChI=1S/C22H28N4O2.ClH/c1-4-9-26(15(2)21-10-16-7-5-6-8-20(16)28-21)22(27)19-13-23-12-18(19)17-11-24-25(3)14-17;/h5-8,10-11,14-15,18-19,23H,4,9,12-13H2,1-3H3;1H/t15?,18-,19+;/m1./s1. The molecule has 0 radical (unpaired) electrons. The molecule has 0 bridgehead atoms. The van der Waals surface area contributed by atoms with E-state index in [2.05, 4.69) is 30.3 Å². The lowest BCUT2D eigenvalue weighted by molar-refractivity contribution is -0.138. The summed E-state index contributed by atoms with van der Waals surface area (Å²) in [7, 11) is 1.91. The maximum atomic E-state index is 13.6. The molecular weight excluding hydrogens is 388 g/mol. The zero-order valence-corrected chi connectivity index (χ0v) is 18.0. The number of aryl methyl sites for hydroxylation is 1. The molecule has 2 aromatic heterocycles. The second-order valence-electron chi connectivity index (χ2n) is 7.71. The third-order valence-corrected chi connectivity index (χ3v) is 5.76. The van der Waals surface area contributed by atoms with Gasteiger partial charge in [0, 0.05) is 44.2 Å². The van der Waals surface area contributed by atoms with Crippen LogP contribution in [0.15, 0.2) is 47.1 Å². The molecule has 0 spiro atoms. The number of hydrogen-bond acceptors (Lipinski definition) is 4. The number of furan rings is 1. The highest BCUT2D eigenvalue weighted by molar-refractivity contribution is 5.85. The predicted molar refractivity (Wildman–Crippen MR) is 116 cm³/mol. The molecule has 4 rings (SSSR count). The predicted octanol–water partition coefficient (Wildman–Crippen LogP) is 3.89. The quantitative estimate of drug-likeness (QED) is 0.662. The van der Waals surface area contributed by atoms with Crippen LogP contribution in [0.25, 0.3) is 11.0 Å². The van der Waals surface area contributed by atoms with E-state index in [4.69, 9.17) is 4.42 Å². The highest BCUT2D eigenvalue weighted by Gasteiger charge is 2.38. The topological polar surface area (TPSA) is 63.3 Å². The third-order valence-electron chi connectivity index (χ3n) is 5.76. The number of rotatable bonds is 6. The maximum absolute atomic E-state index is 13.6. The van der Waals surface area contributed by atoms with Gasteiger partial charge < -0.3 is 14.6 Å². The highest BCUT2D eigenvalue weighted by Crippen LogP contribution is 2.33. The molecule has 156 valence electrons. The van der Waals surface area contributed by atoms with Gasteiger partial charge in [0.25, 0.3) is 0 Å². The summed E-state index contributed by atoms with van der Waals surface area (Å²) in [4.78, 5) is 15.6. The van der Waals surface area contributed by atoms with Gasteiger partial charge >= 0.3 is 0 Å². The molecule has 29 heavy (non-hydrogen) atoms. The van der Waals surface area contributed by atoms with Crippen LogP contribution in [-0.4, -0.2) is 40.2 Å². The number of carbonyl (C=O) groups excluding carboxylic acids is 1. The smallest absolute Gasteiger partial charge is 0.228 e. The first-order chi connectivity index (χ1) is 13.6. The van der Waals surface area contributed by atoms with Crippen LogP contribution in [0.4, 0.5) is 0 Å². The molecule has 0 saturated carbocycles. The Hall–Kier alpha value is -2.31. The molecule has 0 aliphatic carbocycles. The van der Waals surface area contributed by atoms with E-state index in [-0.39, 0.29) is 36.2 Å². The van der Waals surface area contributed by atoms with E-state index in [9.17, 15) is 4.79 Å². The molecule has 1 N–H and O–H groups in total. The number of para-hydroxylation sites is 1. The normalized spacial score (nSPS) is 19.8. The molecule has 3 heterocycles. The number of nitrogens with zero attached hydrogens (tertiary/aromatic N) is 3. The Bertz CT molecular complexity index is 934. The van der Waals surface area contributed by atoms with Gasteiger partial charge in [-0.05, 0) is 31.0 Å². The van der Waals surface area contributed by atoms with Crippen LogP contribution in [0.5, 0.6) is 0 Å². The van der Waals surface area contributed by atoms with Crippen LogP contribution in [0.1, 0.15) is 43.6 Å². The van der Waals surface area contributed by atoms with Crippen molar-refractivity contribution in [1.29, 1.82) is 0 Å². The summed E-state index contributed by atoms with van der Waals surface area (Å²) in [5.74, 6) is 1.10. The molecule has 7 heteroatoms. The van der Waals surface area contributed by atoms with Crippen molar-refractivity contribution in [2.24, 2.45) is 13.0 Å². The first-order valence-electron chi connectivity index (χ1n) is 10.1. The van der Waals surface area contributed by atoms with Crippen molar-refractivity contribution in [1.82, 2.24) is 20.0 Å². The molecule has 1 amide bonds. The summed E-state index contributed by atoms with van der Waals surface area (Å²) in [6.45, 7) is 6.39. The number of carbonyl (C=O) groups is 1. The lowest BCUT2D eigenvalue weighted by Crippen LogP contribution is -2.40. The summed E-state index contributed by atoms with van der Waals surface area (Å²) >= 11 is 0. The molecule has 1 aliphatic rings. The first-order valence-corrected chi connectivity index (χ1v) is 10.1. The third kappa shape index (κ3) is 4.19. The van der Waals surface area contributed by atoms with Gasteiger partial charge in [-0.2, -0.15) is 5.10 Å². The zero-order chi connectivity index (χ0) is 19.7. The molecule has 3 aromatic rings. The Morgan fingerprint density at radius 2 is 2.17 bits per heavy atom. The van der Waals surface area contributed by atoms with Gasteiger partial charge in [0.1, 0.15) is 11.3 Å². The monoisotopic (exact) mass is 416 g/mol. The van der Waals surface area contributed by atoms with Crippen molar-refractivity contribution in [3.05, 3.63) is 54.0 Å². The van der Waals surface area contributed by atoms with Crippen molar-refractivity contribution in [2.45, 2.75) is 32.2 Å². The van der Waals surface area contributed by atoms with Crippen LogP contribution in [0.3, 0.4) is 0 Å². The van der Waals surface area contributed by atoms with Crippen LogP contribution in [-0.2, 0) is 11.8 Å². The number of amides is 1. The minimum atomic E-state index is -0.102. The van der Waals surface area contributed by atoms with E-state index >= 15 is 0 Å². The average Bonchev–Trinajstić information content (AvgIpc) is 3.43. The zero-order valence-electron chi connectivity index (χ0n) is 17.2. The number of fused-ring (bicyclic) bond motifs is 1. The molecule has 1 fully saturated rings. The Morgan fingerprint density at radius 1 is 1.38 bits per heavy atom. The molecule has 6 nitrogen and oxygen atoms in total. The van der Waals surface area contributed by atoms with Crippen LogP contribution >= 0.6 is 12.4 Å². The number of benzene rings is 1. The molecule has 1 aromatic carbocycles. The molecule has 1 saturated heterocycles. The largest absolute Gasteiger partial charge is 0.459 e. The second-order valence-corrected chi connectivity index (χ2v) is 7.71. The Morgan fingerprint density at radius 3 is 2.86 bits per heavy atom. The van der Waals surface area contributed by atoms with Crippen molar-refractivity contribution >= 4 is 29.3 Å². The summed E-state index contributed by atoms with van der Waals surface area (Å²) in [6.07, 6.45) is 4.81. The summed E-state index contributed by atoms with van der Waals surface area (Å²) < 4.78 is 7.86. The fourth-order valence-corrected chi connectivity index (χ4v) is 4.23. The number of aromatic nitrogens is 2. The fourth-order valence-electron chi connectivity index (χ4n) is 4.23. The van der Waals surface area contributed by atoms with Gasteiger partial charge in [0.2, 0.25) is 5.91 Å². The van der Waals surface area contributed by atoms with Crippen LogP contribution in [0, 0.1) is 5.92 Å². The van der Waals surface area contributed by atoms with Gasteiger partial charge in [-0.25, -0.2) is 0 Å². The molecule has 1 aliphatic heterocycles. The first kappa shape index (κ1) is 21.4. The van der Waals surface area contributed by atoms with E-state index in [1.165, 1.54) is 0 Å². The van der Waals surface area contributed by atoms with Crippen molar-refractivity contribution in [3.8, 4) is 0 Å². The van der Waals surface area contributed by atoms with E-state index in [0.717, 1.165) is 35.3 Å². The fraction of sp³-hybridized carbons (Fsp3) is 0.455. The Balaban J connectivity index is 0.00000240. The second kappa shape index (κ2) is 9.01. The molecular formula is C22H29ClN4O2. The van der Waals surface area contributed by atoms with Crippen LogP contribution in [0.2, 0.25) is 0 Å². The Labute approximate surface area is 177 Å². The number of halogens is 1. The van der Waals surface area contributed by atoms with E-state index in [1.807, 2.05) is 48.6 Å². The SMILES string of the molecule is CCCN(C(=O)[C@H]1CNC[C@@H]1c1cnn(C)c1)C(C)c1cc2ccccc2o1.Cl.